The summed E-state index contributed by atoms with van der Waals surface area (Å²) in [6.45, 7) is 2.33. The van der Waals surface area contributed by atoms with E-state index in [1.165, 1.54) is 27.8 Å². The van der Waals surface area contributed by atoms with Crippen LogP contribution in [0.3, 0.4) is 0 Å². The summed E-state index contributed by atoms with van der Waals surface area (Å²) in [6, 6.07) is 11.7. The summed E-state index contributed by atoms with van der Waals surface area (Å²) < 4.78 is 27.4. The average Bonchev–Trinajstić information content (AvgIpc) is 2.89. The van der Waals surface area contributed by atoms with Crippen LogP contribution in [-0.4, -0.2) is 19.3 Å². The lowest BCUT2D eigenvalue weighted by molar-refractivity contribution is 0.426. The molecule has 0 unspecified atom stereocenters. The van der Waals surface area contributed by atoms with Gasteiger partial charge in [-0.05, 0) is 24.3 Å². The Balaban J connectivity index is 2.38. The summed E-state index contributed by atoms with van der Waals surface area (Å²) in [7, 11) is -3.71. The molecular formula is C14H13ClN2O2S2. The van der Waals surface area contributed by atoms with Gasteiger partial charge in [0, 0.05) is 18.0 Å². The maximum absolute atomic E-state index is 12.7. The van der Waals surface area contributed by atoms with E-state index in [1.807, 2.05) is 6.07 Å². The molecule has 0 aliphatic heterocycles. The third-order valence-electron chi connectivity index (χ3n) is 2.94. The molecule has 0 spiro atoms. The number of nitrogens with zero attached hydrogens (tertiary/aromatic N) is 2. The topological polar surface area (TPSA) is 61.2 Å². The van der Waals surface area contributed by atoms with E-state index in [-0.39, 0.29) is 17.0 Å². The quantitative estimate of drug-likeness (QED) is 0.837. The molecule has 0 atom stereocenters. The SMILES string of the molecule is CCN(Cc1ccc(Cl)s1)S(=O)(=O)c1ccccc1C#N. The number of halogens is 1. The molecule has 110 valence electrons. The van der Waals surface area contributed by atoms with E-state index in [2.05, 4.69) is 0 Å². The van der Waals surface area contributed by atoms with Crippen LogP contribution in [-0.2, 0) is 16.6 Å². The molecule has 1 aromatic heterocycles. The Labute approximate surface area is 133 Å². The third-order valence-corrected chi connectivity index (χ3v) is 6.13. The van der Waals surface area contributed by atoms with Gasteiger partial charge in [0.05, 0.1) is 14.8 Å². The number of sulfonamides is 1. The summed E-state index contributed by atoms with van der Waals surface area (Å²) in [6.07, 6.45) is 0. The largest absolute Gasteiger partial charge is 0.244 e. The predicted octanol–water partition coefficient (Wildman–Crippen LogP) is 3.48. The van der Waals surface area contributed by atoms with Crippen molar-refractivity contribution in [3.05, 3.63) is 51.2 Å². The lowest BCUT2D eigenvalue weighted by atomic mass is 10.2. The maximum Gasteiger partial charge on any atom is 0.244 e. The molecule has 0 radical (unpaired) electrons. The van der Waals surface area contributed by atoms with E-state index in [4.69, 9.17) is 16.9 Å². The number of thiophene rings is 1. The first kappa shape index (κ1) is 16.0. The average molecular weight is 341 g/mol. The first-order valence-corrected chi connectivity index (χ1v) is 8.86. The lowest BCUT2D eigenvalue weighted by Gasteiger charge is -2.20. The Hall–Kier alpha value is -1.39. The molecule has 2 aromatic rings. The van der Waals surface area contributed by atoms with Crippen LogP contribution in [0.2, 0.25) is 4.34 Å². The van der Waals surface area contributed by atoms with E-state index < -0.39 is 10.0 Å². The smallest absolute Gasteiger partial charge is 0.207 e. The number of nitriles is 1. The second-order valence-electron chi connectivity index (χ2n) is 4.24. The van der Waals surface area contributed by atoms with Crippen LogP contribution < -0.4 is 0 Å². The minimum atomic E-state index is -3.71. The first-order valence-electron chi connectivity index (χ1n) is 6.22. The summed E-state index contributed by atoms with van der Waals surface area (Å²) in [5, 5.41) is 9.08. The van der Waals surface area contributed by atoms with Crippen molar-refractivity contribution in [1.82, 2.24) is 4.31 Å². The van der Waals surface area contributed by atoms with Gasteiger partial charge in [0.15, 0.2) is 0 Å². The minimum absolute atomic E-state index is 0.0389. The van der Waals surface area contributed by atoms with Crippen molar-refractivity contribution < 1.29 is 8.42 Å². The zero-order valence-corrected chi connectivity index (χ0v) is 13.7. The minimum Gasteiger partial charge on any atom is -0.207 e. The fourth-order valence-corrected chi connectivity index (χ4v) is 4.65. The van der Waals surface area contributed by atoms with Crippen molar-refractivity contribution in [2.45, 2.75) is 18.4 Å². The molecule has 7 heteroatoms. The molecule has 0 aliphatic rings. The van der Waals surface area contributed by atoms with Gasteiger partial charge in [0.25, 0.3) is 0 Å². The predicted molar refractivity (Wildman–Crippen MR) is 83.8 cm³/mol. The standard InChI is InChI=1S/C14H13ClN2O2S2/c1-2-17(10-12-7-8-14(15)20-12)21(18,19)13-6-4-3-5-11(13)9-16/h3-8H,2,10H2,1H3. The summed E-state index contributed by atoms with van der Waals surface area (Å²) in [5.74, 6) is 0. The van der Waals surface area contributed by atoms with Crippen molar-refractivity contribution in [1.29, 1.82) is 5.26 Å². The summed E-state index contributed by atoms with van der Waals surface area (Å²) in [5.41, 5.74) is 0.153. The van der Waals surface area contributed by atoms with Gasteiger partial charge < -0.3 is 0 Å². The molecular weight excluding hydrogens is 328 g/mol. The summed E-state index contributed by atoms with van der Waals surface area (Å²) >= 11 is 7.22. The number of rotatable bonds is 5. The van der Waals surface area contributed by atoms with Crippen molar-refractivity contribution in [3.8, 4) is 6.07 Å². The summed E-state index contributed by atoms with van der Waals surface area (Å²) in [4.78, 5) is 0.900. The van der Waals surface area contributed by atoms with E-state index in [1.54, 1.807) is 31.2 Å². The molecule has 0 aliphatic carbocycles. The monoisotopic (exact) mass is 340 g/mol. The highest BCUT2D eigenvalue weighted by Crippen LogP contribution is 2.26. The van der Waals surface area contributed by atoms with Gasteiger partial charge in [-0.2, -0.15) is 9.57 Å². The Morgan fingerprint density at radius 2 is 2.00 bits per heavy atom. The van der Waals surface area contributed by atoms with Crippen LogP contribution in [0.25, 0.3) is 0 Å². The fourth-order valence-electron chi connectivity index (χ4n) is 1.90. The molecule has 0 saturated heterocycles. The van der Waals surface area contributed by atoms with Crippen molar-refractivity contribution in [2.75, 3.05) is 6.54 Å². The zero-order valence-electron chi connectivity index (χ0n) is 11.3. The molecule has 2 rings (SSSR count). The van der Waals surface area contributed by atoms with Crippen LogP contribution in [0.5, 0.6) is 0 Å². The third kappa shape index (κ3) is 3.44. The molecule has 1 aromatic carbocycles. The van der Waals surface area contributed by atoms with Crippen LogP contribution in [0.15, 0.2) is 41.3 Å². The van der Waals surface area contributed by atoms with Crippen molar-refractivity contribution in [2.24, 2.45) is 0 Å². The molecule has 4 nitrogen and oxygen atoms in total. The molecule has 21 heavy (non-hydrogen) atoms. The molecule has 0 saturated carbocycles. The molecule has 0 amide bonds. The van der Waals surface area contributed by atoms with E-state index in [0.717, 1.165) is 4.88 Å². The zero-order chi connectivity index (χ0) is 15.5. The van der Waals surface area contributed by atoms with Crippen LogP contribution >= 0.6 is 22.9 Å². The van der Waals surface area contributed by atoms with Gasteiger partial charge in [0.2, 0.25) is 10.0 Å². The van der Waals surface area contributed by atoms with Gasteiger partial charge in [0.1, 0.15) is 6.07 Å². The lowest BCUT2D eigenvalue weighted by Crippen LogP contribution is -2.30. The second-order valence-corrected chi connectivity index (χ2v) is 7.95. The molecule has 1 heterocycles. The van der Waals surface area contributed by atoms with Crippen molar-refractivity contribution in [3.63, 3.8) is 0 Å². The Morgan fingerprint density at radius 1 is 1.29 bits per heavy atom. The molecule has 0 N–H and O–H groups in total. The van der Waals surface area contributed by atoms with Crippen molar-refractivity contribution >= 4 is 33.0 Å². The van der Waals surface area contributed by atoms with E-state index in [0.29, 0.717) is 10.9 Å². The van der Waals surface area contributed by atoms with E-state index in [9.17, 15) is 8.42 Å². The van der Waals surface area contributed by atoms with Crippen LogP contribution in [0, 0.1) is 11.3 Å². The first-order chi connectivity index (χ1) is 9.98. The van der Waals surface area contributed by atoms with Crippen LogP contribution in [0.1, 0.15) is 17.4 Å². The molecule has 0 fully saturated rings. The highest BCUT2D eigenvalue weighted by molar-refractivity contribution is 7.89. The highest BCUT2D eigenvalue weighted by Gasteiger charge is 2.26. The Bertz CT molecular complexity index is 778. The van der Waals surface area contributed by atoms with Gasteiger partial charge in [-0.3, -0.25) is 0 Å². The number of benzene rings is 1. The highest BCUT2D eigenvalue weighted by atomic mass is 35.5. The van der Waals surface area contributed by atoms with Gasteiger partial charge in [-0.1, -0.05) is 30.7 Å². The normalized spacial score (nSPS) is 11.5. The Morgan fingerprint density at radius 3 is 2.57 bits per heavy atom. The van der Waals surface area contributed by atoms with Gasteiger partial charge in [-0.15, -0.1) is 11.3 Å². The second kappa shape index (κ2) is 6.58. The van der Waals surface area contributed by atoms with E-state index >= 15 is 0 Å². The fraction of sp³-hybridized carbons (Fsp3) is 0.214. The Kier molecular flexibility index (Phi) is 5.01. The maximum atomic E-state index is 12.7. The van der Waals surface area contributed by atoms with Gasteiger partial charge >= 0.3 is 0 Å². The van der Waals surface area contributed by atoms with Gasteiger partial charge in [-0.25, -0.2) is 8.42 Å². The number of hydrogen-bond donors (Lipinski definition) is 0. The molecule has 0 bridgehead atoms. The van der Waals surface area contributed by atoms with Crippen LogP contribution in [0.4, 0.5) is 0 Å². The number of hydrogen-bond acceptors (Lipinski definition) is 4.